The van der Waals surface area contributed by atoms with Crippen molar-refractivity contribution in [3.05, 3.63) is 65.1 Å². The van der Waals surface area contributed by atoms with Gasteiger partial charge in [0.25, 0.3) is 0 Å². The molecule has 0 spiro atoms. The minimum atomic E-state index is -0.961. The van der Waals surface area contributed by atoms with E-state index in [2.05, 4.69) is 13.8 Å². The molecule has 2 N–H and O–H groups in total. The van der Waals surface area contributed by atoms with Crippen LogP contribution in [-0.2, 0) is 13.0 Å². The second-order valence-corrected chi connectivity index (χ2v) is 8.37. The fourth-order valence-electron chi connectivity index (χ4n) is 3.74. The number of aryl methyl sites for hydroxylation is 1. The van der Waals surface area contributed by atoms with E-state index in [0.717, 1.165) is 52.8 Å². The first-order valence-corrected chi connectivity index (χ1v) is 11.3. The van der Waals surface area contributed by atoms with Crippen LogP contribution in [-0.4, -0.2) is 31.5 Å². The highest BCUT2D eigenvalue weighted by molar-refractivity contribution is 7.99. The van der Waals surface area contributed by atoms with Gasteiger partial charge < -0.3 is 10.2 Å². The SMILES string of the molecule is CCCCc1nc(SCC)c(CO)n1-c1ccc(-c2ccccc2)c(C(=O)O)c1C. The van der Waals surface area contributed by atoms with E-state index >= 15 is 0 Å². The number of aliphatic hydroxyl groups is 1. The number of aliphatic hydroxyl groups excluding tert-OH is 1. The Hall–Kier alpha value is -2.57. The van der Waals surface area contributed by atoms with E-state index in [0.29, 0.717) is 11.1 Å². The zero-order valence-electron chi connectivity index (χ0n) is 17.7. The molecule has 0 atom stereocenters. The summed E-state index contributed by atoms with van der Waals surface area (Å²) < 4.78 is 1.96. The number of aromatic nitrogens is 2. The van der Waals surface area contributed by atoms with Gasteiger partial charge in [0.2, 0.25) is 0 Å². The van der Waals surface area contributed by atoms with E-state index in [1.165, 1.54) is 0 Å². The summed E-state index contributed by atoms with van der Waals surface area (Å²) in [5, 5.41) is 21.0. The van der Waals surface area contributed by atoms with Crippen LogP contribution < -0.4 is 0 Å². The van der Waals surface area contributed by atoms with Crippen molar-refractivity contribution in [2.75, 3.05) is 5.75 Å². The maximum absolute atomic E-state index is 12.2. The minimum Gasteiger partial charge on any atom is -0.478 e. The van der Waals surface area contributed by atoms with Crippen molar-refractivity contribution in [3.8, 4) is 16.8 Å². The second-order valence-electron chi connectivity index (χ2n) is 7.11. The third kappa shape index (κ3) is 4.30. The highest BCUT2D eigenvalue weighted by atomic mass is 32.2. The molecule has 0 bridgehead atoms. The lowest BCUT2D eigenvalue weighted by atomic mass is 9.94. The van der Waals surface area contributed by atoms with Gasteiger partial charge in [0.05, 0.1) is 23.6 Å². The smallest absolute Gasteiger partial charge is 0.336 e. The van der Waals surface area contributed by atoms with E-state index in [1.54, 1.807) is 11.8 Å². The largest absolute Gasteiger partial charge is 0.478 e. The molecule has 0 saturated heterocycles. The summed E-state index contributed by atoms with van der Waals surface area (Å²) in [6.07, 6.45) is 2.78. The predicted octanol–water partition coefficient (Wildman–Crippen LogP) is 5.49. The Bertz CT molecular complexity index is 1030. The van der Waals surface area contributed by atoms with E-state index < -0.39 is 5.97 Å². The molecule has 0 aliphatic heterocycles. The van der Waals surface area contributed by atoms with Gasteiger partial charge in [-0.3, -0.25) is 4.57 Å². The first-order valence-electron chi connectivity index (χ1n) is 10.3. The van der Waals surface area contributed by atoms with Crippen molar-refractivity contribution in [1.29, 1.82) is 0 Å². The number of hydrogen-bond acceptors (Lipinski definition) is 4. The van der Waals surface area contributed by atoms with Crippen molar-refractivity contribution >= 4 is 17.7 Å². The van der Waals surface area contributed by atoms with E-state index in [9.17, 15) is 15.0 Å². The van der Waals surface area contributed by atoms with Gasteiger partial charge in [-0.1, -0.05) is 56.7 Å². The fourth-order valence-corrected chi connectivity index (χ4v) is 4.50. The maximum atomic E-state index is 12.2. The molecule has 1 aromatic heterocycles. The monoisotopic (exact) mass is 424 g/mol. The molecule has 3 rings (SSSR count). The standard InChI is InChI=1S/C24H28N2O3S/c1-4-6-12-21-25-23(30-5-2)20(15-27)26(21)19-14-13-18(17-10-8-7-9-11-17)22(16(19)3)24(28)29/h7-11,13-14,27H,4-6,12,15H2,1-3H3,(H,28,29). The molecular weight excluding hydrogens is 396 g/mol. The van der Waals surface area contributed by atoms with E-state index in [-0.39, 0.29) is 12.2 Å². The van der Waals surface area contributed by atoms with Gasteiger partial charge in [-0.15, -0.1) is 11.8 Å². The number of carbonyl (C=O) groups is 1. The van der Waals surface area contributed by atoms with Gasteiger partial charge in [-0.2, -0.15) is 0 Å². The minimum absolute atomic E-state index is 0.149. The van der Waals surface area contributed by atoms with Crippen LogP contribution in [0.2, 0.25) is 0 Å². The molecule has 0 saturated carbocycles. The predicted molar refractivity (Wildman–Crippen MR) is 122 cm³/mol. The summed E-state index contributed by atoms with van der Waals surface area (Å²) in [4.78, 5) is 17.0. The number of rotatable bonds is 9. The van der Waals surface area contributed by atoms with Crippen LogP contribution in [0.15, 0.2) is 47.5 Å². The highest BCUT2D eigenvalue weighted by Crippen LogP contribution is 2.34. The molecule has 0 amide bonds. The Morgan fingerprint density at radius 1 is 1.13 bits per heavy atom. The molecule has 0 radical (unpaired) electrons. The van der Waals surface area contributed by atoms with Crippen molar-refractivity contribution in [2.24, 2.45) is 0 Å². The number of carboxylic acid groups (broad SMARTS) is 1. The Kier molecular flexibility index (Phi) is 7.34. The molecule has 30 heavy (non-hydrogen) atoms. The lowest BCUT2D eigenvalue weighted by Gasteiger charge is -2.18. The number of hydrogen-bond donors (Lipinski definition) is 2. The van der Waals surface area contributed by atoms with Gasteiger partial charge >= 0.3 is 5.97 Å². The van der Waals surface area contributed by atoms with Gasteiger partial charge in [-0.25, -0.2) is 9.78 Å². The Morgan fingerprint density at radius 3 is 2.47 bits per heavy atom. The summed E-state index contributed by atoms with van der Waals surface area (Å²) >= 11 is 1.60. The number of aromatic carboxylic acids is 1. The van der Waals surface area contributed by atoms with Crippen LogP contribution in [0.3, 0.4) is 0 Å². The Labute approximate surface area is 181 Å². The normalized spacial score (nSPS) is 11.1. The number of carboxylic acids is 1. The zero-order chi connectivity index (χ0) is 21.7. The molecule has 158 valence electrons. The molecule has 6 heteroatoms. The summed E-state index contributed by atoms with van der Waals surface area (Å²) in [6, 6.07) is 13.4. The molecule has 5 nitrogen and oxygen atoms in total. The number of benzene rings is 2. The summed E-state index contributed by atoms with van der Waals surface area (Å²) in [5.41, 5.74) is 3.99. The van der Waals surface area contributed by atoms with Gasteiger partial charge in [0.1, 0.15) is 10.9 Å². The number of imidazole rings is 1. The van der Waals surface area contributed by atoms with Crippen molar-refractivity contribution in [2.45, 2.75) is 51.7 Å². The molecule has 3 aromatic rings. The van der Waals surface area contributed by atoms with Crippen LogP contribution in [0.1, 0.15) is 54.1 Å². The van der Waals surface area contributed by atoms with Crippen LogP contribution in [0.5, 0.6) is 0 Å². The number of thioether (sulfide) groups is 1. The lowest BCUT2D eigenvalue weighted by Crippen LogP contribution is -2.11. The van der Waals surface area contributed by atoms with E-state index in [4.69, 9.17) is 4.98 Å². The summed E-state index contributed by atoms with van der Waals surface area (Å²) in [5.74, 6) is 0.754. The zero-order valence-corrected chi connectivity index (χ0v) is 18.5. The van der Waals surface area contributed by atoms with Gasteiger partial charge in [0, 0.05) is 6.42 Å². The van der Waals surface area contributed by atoms with Gasteiger partial charge in [0.15, 0.2) is 0 Å². The average molecular weight is 425 g/mol. The Morgan fingerprint density at radius 2 is 1.87 bits per heavy atom. The number of unbranched alkanes of at least 4 members (excludes halogenated alkanes) is 1. The Balaban J connectivity index is 2.25. The molecular formula is C24H28N2O3S. The maximum Gasteiger partial charge on any atom is 0.336 e. The molecule has 1 heterocycles. The topological polar surface area (TPSA) is 75.4 Å². The molecule has 0 aliphatic carbocycles. The molecule has 0 fully saturated rings. The number of nitrogens with zero attached hydrogens (tertiary/aromatic N) is 2. The quantitative estimate of drug-likeness (QED) is 0.444. The van der Waals surface area contributed by atoms with Crippen molar-refractivity contribution in [3.63, 3.8) is 0 Å². The third-order valence-corrected chi connectivity index (χ3v) is 6.06. The third-order valence-electron chi connectivity index (χ3n) is 5.17. The first kappa shape index (κ1) is 22.1. The highest BCUT2D eigenvalue weighted by Gasteiger charge is 2.23. The first-order chi connectivity index (χ1) is 14.5. The van der Waals surface area contributed by atoms with Gasteiger partial charge in [-0.05, 0) is 41.9 Å². The van der Waals surface area contributed by atoms with Crippen LogP contribution in [0.4, 0.5) is 0 Å². The fraction of sp³-hybridized carbons (Fsp3) is 0.333. The lowest BCUT2D eigenvalue weighted by molar-refractivity contribution is 0.0697. The van der Waals surface area contributed by atoms with Crippen molar-refractivity contribution < 1.29 is 15.0 Å². The second kappa shape index (κ2) is 9.96. The summed E-state index contributed by atoms with van der Waals surface area (Å²) in [7, 11) is 0. The molecule has 2 aromatic carbocycles. The van der Waals surface area contributed by atoms with Crippen LogP contribution in [0.25, 0.3) is 16.8 Å². The molecule has 0 unspecified atom stereocenters. The summed E-state index contributed by atoms with van der Waals surface area (Å²) in [6.45, 7) is 5.87. The van der Waals surface area contributed by atoms with Crippen molar-refractivity contribution in [1.82, 2.24) is 9.55 Å². The van der Waals surface area contributed by atoms with Crippen LogP contribution in [0, 0.1) is 6.92 Å². The van der Waals surface area contributed by atoms with E-state index in [1.807, 2.05) is 54.0 Å². The average Bonchev–Trinajstić information content (AvgIpc) is 3.09. The molecule has 0 aliphatic rings. The van der Waals surface area contributed by atoms with Crippen LogP contribution >= 0.6 is 11.8 Å².